The van der Waals surface area contributed by atoms with E-state index in [1.165, 1.54) is 6.08 Å². The third kappa shape index (κ3) is 7.38. The number of rotatable bonds is 12. The molecular weight excluding hydrogens is 584 g/mol. The van der Waals surface area contributed by atoms with Gasteiger partial charge in [0.2, 0.25) is 0 Å². The molecule has 0 bridgehead atoms. The number of hydrogen-bond acceptors (Lipinski definition) is 7. The van der Waals surface area contributed by atoms with Gasteiger partial charge in [-0.05, 0) is 98.0 Å². The van der Waals surface area contributed by atoms with Crippen LogP contribution in [0.25, 0.3) is 6.08 Å². The van der Waals surface area contributed by atoms with Crippen LogP contribution in [0, 0.1) is 13.8 Å². The normalized spacial score (nSPS) is 13.9. The number of ether oxygens (including phenoxy) is 4. The Bertz CT molecular complexity index is 1780. The van der Waals surface area contributed by atoms with Gasteiger partial charge in [0.05, 0.1) is 18.9 Å². The number of carbonyl (C=O) groups is 3. The molecule has 0 radical (unpaired) electrons. The Morgan fingerprint density at radius 1 is 0.652 bits per heavy atom. The quantitative estimate of drug-likeness (QED) is 0.135. The lowest BCUT2D eigenvalue weighted by atomic mass is 10.0. The molecule has 4 amide bonds. The zero-order valence-electron chi connectivity index (χ0n) is 26.3. The van der Waals surface area contributed by atoms with Crippen molar-refractivity contribution < 1.29 is 33.3 Å². The summed E-state index contributed by atoms with van der Waals surface area (Å²) in [5.74, 6) is 0.704. The molecule has 0 atom stereocenters. The van der Waals surface area contributed by atoms with E-state index in [-0.39, 0.29) is 12.2 Å². The van der Waals surface area contributed by atoms with Crippen LogP contribution in [0.15, 0.2) is 90.5 Å². The fraction of sp³-hybridized carbons (Fsp3) is 0.216. The second-order valence-corrected chi connectivity index (χ2v) is 10.6. The number of aryl methyl sites for hydroxylation is 2. The standard InChI is InChI=1S/C37H36N2O7/c1-5-43-33-20-27(19-30-35(40)38-37(42)39(36(30)41)29-15-12-24(3)25(4)18-29)13-16-31(33)46-23-28-14-17-32(34(21-28)44-6-2)45-22-26-10-8-7-9-11-26/h7-21H,5-6,22-23H2,1-4H3,(H,38,40,42)/b30-19-. The topological polar surface area (TPSA) is 103 Å². The molecule has 0 aliphatic carbocycles. The van der Waals surface area contributed by atoms with Gasteiger partial charge >= 0.3 is 6.03 Å². The van der Waals surface area contributed by atoms with E-state index in [0.717, 1.165) is 27.2 Å². The van der Waals surface area contributed by atoms with E-state index >= 15 is 0 Å². The van der Waals surface area contributed by atoms with Gasteiger partial charge in [0.1, 0.15) is 18.8 Å². The van der Waals surface area contributed by atoms with E-state index in [4.69, 9.17) is 18.9 Å². The molecule has 1 fully saturated rings. The number of carbonyl (C=O) groups excluding carboxylic acids is 3. The third-order valence-electron chi connectivity index (χ3n) is 7.37. The highest BCUT2D eigenvalue weighted by Gasteiger charge is 2.37. The van der Waals surface area contributed by atoms with Crippen molar-refractivity contribution in [3.63, 3.8) is 0 Å². The van der Waals surface area contributed by atoms with Gasteiger partial charge in [-0.1, -0.05) is 48.5 Å². The van der Waals surface area contributed by atoms with Crippen LogP contribution in [0.2, 0.25) is 0 Å². The van der Waals surface area contributed by atoms with E-state index in [1.807, 2.05) is 82.3 Å². The second kappa shape index (κ2) is 14.5. The summed E-state index contributed by atoms with van der Waals surface area (Å²) in [5, 5.41) is 2.27. The van der Waals surface area contributed by atoms with Gasteiger partial charge in [-0.15, -0.1) is 0 Å². The second-order valence-electron chi connectivity index (χ2n) is 10.6. The summed E-state index contributed by atoms with van der Waals surface area (Å²) in [6.07, 6.45) is 1.44. The number of hydrogen-bond donors (Lipinski definition) is 1. The number of nitrogens with zero attached hydrogens (tertiary/aromatic N) is 1. The maximum atomic E-state index is 13.4. The summed E-state index contributed by atoms with van der Waals surface area (Å²) in [7, 11) is 0. The highest BCUT2D eigenvalue weighted by molar-refractivity contribution is 6.39. The third-order valence-corrected chi connectivity index (χ3v) is 7.37. The molecule has 46 heavy (non-hydrogen) atoms. The fourth-order valence-corrected chi connectivity index (χ4v) is 4.85. The van der Waals surface area contributed by atoms with Crippen molar-refractivity contribution >= 4 is 29.6 Å². The van der Waals surface area contributed by atoms with Crippen LogP contribution in [-0.2, 0) is 22.8 Å². The van der Waals surface area contributed by atoms with E-state index in [0.29, 0.717) is 54.1 Å². The molecular formula is C37H36N2O7. The fourth-order valence-electron chi connectivity index (χ4n) is 4.85. The van der Waals surface area contributed by atoms with Crippen molar-refractivity contribution in [3.8, 4) is 23.0 Å². The predicted molar refractivity (Wildman–Crippen MR) is 175 cm³/mol. The largest absolute Gasteiger partial charge is 0.490 e. The number of amides is 4. The van der Waals surface area contributed by atoms with Gasteiger partial charge in [-0.3, -0.25) is 14.9 Å². The number of imide groups is 2. The van der Waals surface area contributed by atoms with Crippen molar-refractivity contribution in [3.05, 3.63) is 118 Å². The van der Waals surface area contributed by atoms with Crippen molar-refractivity contribution in [2.75, 3.05) is 18.1 Å². The monoisotopic (exact) mass is 620 g/mol. The lowest BCUT2D eigenvalue weighted by molar-refractivity contribution is -0.122. The van der Waals surface area contributed by atoms with Gasteiger partial charge in [0, 0.05) is 0 Å². The molecule has 0 aromatic heterocycles. The lowest BCUT2D eigenvalue weighted by Gasteiger charge is -2.27. The van der Waals surface area contributed by atoms with Crippen LogP contribution in [0.1, 0.15) is 41.7 Å². The average molecular weight is 621 g/mol. The van der Waals surface area contributed by atoms with E-state index < -0.39 is 17.8 Å². The maximum absolute atomic E-state index is 13.4. The first kappa shape index (κ1) is 31.8. The van der Waals surface area contributed by atoms with Crippen LogP contribution >= 0.6 is 0 Å². The molecule has 4 aromatic carbocycles. The maximum Gasteiger partial charge on any atom is 0.335 e. The Balaban J connectivity index is 1.33. The Morgan fingerprint density at radius 2 is 1.30 bits per heavy atom. The Labute approximate surface area is 268 Å². The zero-order valence-corrected chi connectivity index (χ0v) is 26.3. The minimum Gasteiger partial charge on any atom is -0.490 e. The van der Waals surface area contributed by atoms with Gasteiger partial charge in [-0.2, -0.15) is 0 Å². The Hall–Kier alpha value is -5.57. The van der Waals surface area contributed by atoms with Gasteiger partial charge in [0.15, 0.2) is 23.0 Å². The first-order valence-corrected chi connectivity index (χ1v) is 15.1. The van der Waals surface area contributed by atoms with Crippen LogP contribution in [0.5, 0.6) is 23.0 Å². The summed E-state index contributed by atoms with van der Waals surface area (Å²) in [6, 6.07) is 25.1. The molecule has 236 valence electrons. The molecule has 0 unspecified atom stereocenters. The highest BCUT2D eigenvalue weighted by Crippen LogP contribution is 2.33. The van der Waals surface area contributed by atoms with E-state index in [1.54, 1.807) is 30.3 Å². The Kier molecular flexibility index (Phi) is 10.0. The number of urea groups is 1. The minimum atomic E-state index is -0.794. The lowest BCUT2D eigenvalue weighted by Crippen LogP contribution is -2.54. The summed E-state index contributed by atoms with van der Waals surface area (Å²) in [4.78, 5) is 39.8. The van der Waals surface area contributed by atoms with Crippen molar-refractivity contribution in [2.24, 2.45) is 0 Å². The Morgan fingerprint density at radius 3 is 1.98 bits per heavy atom. The SMILES string of the molecule is CCOc1cc(/C=C2/C(=O)NC(=O)N(c3ccc(C)c(C)c3)C2=O)ccc1OCc1ccc(OCc2ccccc2)c(OCC)c1. The molecule has 0 spiro atoms. The van der Waals surface area contributed by atoms with E-state index in [9.17, 15) is 14.4 Å². The molecule has 1 aliphatic heterocycles. The number of barbiturate groups is 1. The summed E-state index contributed by atoms with van der Waals surface area (Å²) < 4.78 is 23.8. The summed E-state index contributed by atoms with van der Waals surface area (Å²) >= 11 is 0. The van der Waals surface area contributed by atoms with Gasteiger partial charge in [0.25, 0.3) is 11.8 Å². The molecule has 1 heterocycles. The van der Waals surface area contributed by atoms with Crippen LogP contribution < -0.4 is 29.2 Å². The molecule has 1 saturated heterocycles. The van der Waals surface area contributed by atoms with Crippen molar-refractivity contribution in [1.29, 1.82) is 0 Å². The van der Waals surface area contributed by atoms with Gasteiger partial charge < -0.3 is 18.9 Å². The molecule has 9 nitrogen and oxygen atoms in total. The number of benzene rings is 4. The van der Waals surface area contributed by atoms with Crippen LogP contribution in [0.3, 0.4) is 0 Å². The minimum absolute atomic E-state index is 0.174. The first-order chi connectivity index (χ1) is 22.3. The molecule has 9 heteroatoms. The zero-order chi connectivity index (χ0) is 32.6. The molecule has 1 aliphatic rings. The smallest absolute Gasteiger partial charge is 0.335 e. The summed E-state index contributed by atoms with van der Waals surface area (Å²) in [5.41, 5.74) is 4.59. The van der Waals surface area contributed by atoms with Crippen LogP contribution in [-0.4, -0.2) is 31.1 Å². The number of anilines is 1. The van der Waals surface area contributed by atoms with Crippen LogP contribution in [0.4, 0.5) is 10.5 Å². The molecule has 0 saturated carbocycles. The summed E-state index contributed by atoms with van der Waals surface area (Å²) in [6.45, 7) is 9.09. The highest BCUT2D eigenvalue weighted by atomic mass is 16.5. The molecule has 5 rings (SSSR count). The van der Waals surface area contributed by atoms with Crippen molar-refractivity contribution in [1.82, 2.24) is 5.32 Å². The molecule has 1 N–H and O–H groups in total. The van der Waals surface area contributed by atoms with Gasteiger partial charge in [-0.25, -0.2) is 9.69 Å². The predicted octanol–water partition coefficient (Wildman–Crippen LogP) is 6.93. The van der Waals surface area contributed by atoms with Crippen molar-refractivity contribution in [2.45, 2.75) is 40.9 Å². The first-order valence-electron chi connectivity index (χ1n) is 15.1. The van der Waals surface area contributed by atoms with E-state index in [2.05, 4.69) is 5.32 Å². The average Bonchev–Trinajstić information content (AvgIpc) is 3.04. The number of nitrogens with one attached hydrogen (secondary N) is 1. The molecule has 4 aromatic rings.